The van der Waals surface area contributed by atoms with E-state index in [0.29, 0.717) is 24.5 Å². The third-order valence-electron chi connectivity index (χ3n) is 5.09. The molecule has 170 valence electrons. The third-order valence-corrected chi connectivity index (χ3v) is 6.34. The van der Waals surface area contributed by atoms with Gasteiger partial charge in [-0.15, -0.1) is 0 Å². The molecule has 0 atom stereocenters. The number of ether oxygens (including phenoxy) is 2. The van der Waals surface area contributed by atoms with Crippen molar-refractivity contribution in [2.75, 3.05) is 6.61 Å². The van der Waals surface area contributed by atoms with Crippen molar-refractivity contribution in [3.63, 3.8) is 0 Å². The van der Waals surface area contributed by atoms with Gasteiger partial charge >= 0.3 is 0 Å². The number of pyridine rings is 2. The van der Waals surface area contributed by atoms with Crippen molar-refractivity contribution in [2.45, 2.75) is 32.2 Å². The predicted octanol–water partition coefficient (Wildman–Crippen LogP) is 4.07. The maximum Gasteiger partial charge on any atom is 0.281 e. The van der Waals surface area contributed by atoms with Crippen LogP contribution in [-0.2, 0) is 14.8 Å². The predicted molar refractivity (Wildman–Crippen MR) is 122 cm³/mol. The highest BCUT2D eigenvalue weighted by Crippen LogP contribution is 2.32. The summed E-state index contributed by atoms with van der Waals surface area (Å²) in [4.78, 5) is 21.4. The first-order chi connectivity index (χ1) is 15.7. The van der Waals surface area contributed by atoms with Crippen LogP contribution in [0, 0.1) is 20.8 Å². The molecule has 0 bridgehead atoms. The van der Waals surface area contributed by atoms with Gasteiger partial charge in [0, 0.05) is 18.2 Å². The number of amides is 1. The Labute approximate surface area is 192 Å². The van der Waals surface area contributed by atoms with Gasteiger partial charge in [-0.05, 0) is 56.2 Å². The molecule has 1 aliphatic heterocycles. The number of hydrogen-bond acceptors (Lipinski definition) is 7. The van der Waals surface area contributed by atoms with E-state index in [9.17, 15) is 13.2 Å². The Morgan fingerprint density at radius 3 is 2.48 bits per heavy atom. The second kappa shape index (κ2) is 9.03. The van der Waals surface area contributed by atoms with Crippen molar-refractivity contribution in [2.24, 2.45) is 0 Å². The van der Waals surface area contributed by atoms with Gasteiger partial charge in [-0.1, -0.05) is 23.8 Å². The Morgan fingerprint density at radius 2 is 1.85 bits per heavy atom. The molecule has 4 rings (SSSR count). The highest BCUT2D eigenvalue weighted by molar-refractivity contribution is 7.90. The van der Waals surface area contributed by atoms with E-state index in [-0.39, 0.29) is 16.5 Å². The lowest BCUT2D eigenvalue weighted by Gasteiger charge is -2.16. The summed E-state index contributed by atoms with van der Waals surface area (Å²) in [6, 6.07) is 11.5. The summed E-state index contributed by atoms with van der Waals surface area (Å²) in [5, 5.41) is -0.260. The van der Waals surface area contributed by atoms with Crippen molar-refractivity contribution >= 4 is 21.5 Å². The van der Waals surface area contributed by atoms with Crippen LogP contribution in [0.1, 0.15) is 39.2 Å². The molecule has 0 saturated heterocycles. The standard InChI is InChI=1S/C24H23N3O5S/c1-15-12-16(2)22(17(3)13-15)32-24-19(7-8-20(26-24)18-9-11-31-14-18)23(28)27-33(29,30)21-6-4-5-10-25-21/h4-8,10,12-14H,9,11H2,1-3H3,(H,27,28). The van der Waals surface area contributed by atoms with Crippen molar-refractivity contribution < 1.29 is 22.7 Å². The minimum atomic E-state index is -4.17. The van der Waals surface area contributed by atoms with Gasteiger partial charge in [-0.3, -0.25) is 4.79 Å². The summed E-state index contributed by atoms with van der Waals surface area (Å²) < 4.78 is 38.7. The number of nitrogens with one attached hydrogen (secondary N) is 1. The fourth-order valence-corrected chi connectivity index (χ4v) is 4.52. The first-order valence-electron chi connectivity index (χ1n) is 10.3. The van der Waals surface area contributed by atoms with Crippen LogP contribution in [0.5, 0.6) is 11.6 Å². The zero-order chi connectivity index (χ0) is 23.6. The van der Waals surface area contributed by atoms with Crippen LogP contribution in [0.25, 0.3) is 5.57 Å². The van der Waals surface area contributed by atoms with E-state index in [1.165, 1.54) is 24.4 Å². The number of hydrogen-bond donors (Lipinski definition) is 1. The van der Waals surface area contributed by atoms with E-state index in [0.717, 1.165) is 22.3 Å². The van der Waals surface area contributed by atoms with E-state index >= 15 is 0 Å². The van der Waals surface area contributed by atoms with Crippen LogP contribution < -0.4 is 9.46 Å². The molecule has 9 heteroatoms. The lowest BCUT2D eigenvalue weighted by molar-refractivity contribution is 0.0978. The highest BCUT2D eigenvalue weighted by atomic mass is 32.2. The number of carbonyl (C=O) groups excluding carboxylic acids is 1. The van der Waals surface area contributed by atoms with Gasteiger partial charge in [0.15, 0.2) is 5.03 Å². The molecule has 1 amide bonds. The molecular weight excluding hydrogens is 442 g/mol. The molecule has 1 aliphatic rings. The van der Waals surface area contributed by atoms with Crippen LogP contribution in [-0.4, -0.2) is 30.9 Å². The van der Waals surface area contributed by atoms with Crippen LogP contribution in [0.4, 0.5) is 0 Å². The number of carbonyl (C=O) groups is 1. The molecule has 3 heterocycles. The highest BCUT2D eigenvalue weighted by Gasteiger charge is 2.25. The Morgan fingerprint density at radius 1 is 1.09 bits per heavy atom. The monoisotopic (exact) mass is 465 g/mol. The molecule has 1 N–H and O–H groups in total. The molecule has 0 aliphatic carbocycles. The number of aryl methyl sites for hydroxylation is 3. The Bertz CT molecular complexity index is 1330. The van der Waals surface area contributed by atoms with Crippen LogP contribution in [0.3, 0.4) is 0 Å². The molecule has 0 unspecified atom stereocenters. The zero-order valence-electron chi connectivity index (χ0n) is 18.5. The van der Waals surface area contributed by atoms with Crippen LogP contribution >= 0.6 is 0 Å². The number of rotatable bonds is 6. The smallest absolute Gasteiger partial charge is 0.281 e. The summed E-state index contributed by atoms with van der Waals surface area (Å²) in [5.74, 6) is -0.304. The number of aromatic nitrogens is 2. The first-order valence-corrected chi connectivity index (χ1v) is 11.8. The normalized spacial score (nSPS) is 13.2. The summed E-state index contributed by atoms with van der Waals surface area (Å²) in [7, 11) is -4.17. The lowest BCUT2D eigenvalue weighted by Crippen LogP contribution is -2.31. The van der Waals surface area contributed by atoms with Crippen molar-refractivity contribution in [1.82, 2.24) is 14.7 Å². The minimum Gasteiger partial charge on any atom is -0.500 e. The molecule has 0 spiro atoms. The minimum absolute atomic E-state index is 0.00377. The van der Waals surface area contributed by atoms with Gasteiger partial charge in [0.1, 0.15) is 11.3 Å². The summed E-state index contributed by atoms with van der Waals surface area (Å²) >= 11 is 0. The van der Waals surface area contributed by atoms with E-state index in [1.54, 1.807) is 18.4 Å². The van der Waals surface area contributed by atoms with Gasteiger partial charge in [-0.25, -0.2) is 14.7 Å². The first kappa shape index (κ1) is 22.5. The lowest BCUT2D eigenvalue weighted by atomic mass is 10.1. The fourth-order valence-electron chi connectivity index (χ4n) is 3.61. The molecule has 0 fully saturated rings. The number of nitrogens with zero attached hydrogens (tertiary/aromatic N) is 2. The number of benzene rings is 1. The summed E-state index contributed by atoms with van der Waals surface area (Å²) in [6.07, 6.45) is 3.64. The molecule has 0 saturated carbocycles. The van der Waals surface area contributed by atoms with Gasteiger partial charge in [0.05, 0.1) is 18.6 Å². The quantitative estimate of drug-likeness (QED) is 0.585. The van der Waals surface area contributed by atoms with E-state index < -0.39 is 15.9 Å². The largest absolute Gasteiger partial charge is 0.500 e. The Hall–Kier alpha value is -3.72. The molecule has 33 heavy (non-hydrogen) atoms. The van der Waals surface area contributed by atoms with E-state index in [1.807, 2.05) is 32.9 Å². The van der Waals surface area contributed by atoms with E-state index in [4.69, 9.17) is 9.47 Å². The van der Waals surface area contributed by atoms with E-state index in [2.05, 4.69) is 14.7 Å². The molecular formula is C24H23N3O5S. The summed E-state index contributed by atoms with van der Waals surface area (Å²) in [5.41, 5.74) is 4.26. The Balaban J connectivity index is 1.74. The van der Waals surface area contributed by atoms with Gasteiger partial charge in [0.25, 0.3) is 15.9 Å². The second-order valence-electron chi connectivity index (χ2n) is 7.75. The fraction of sp³-hybridized carbons (Fsp3) is 0.208. The average molecular weight is 466 g/mol. The van der Waals surface area contributed by atoms with Gasteiger partial charge in [0.2, 0.25) is 5.88 Å². The van der Waals surface area contributed by atoms with Gasteiger partial charge in [-0.2, -0.15) is 8.42 Å². The zero-order valence-corrected chi connectivity index (χ0v) is 19.3. The topological polar surface area (TPSA) is 107 Å². The molecule has 3 aromatic rings. The van der Waals surface area contributed by atoms with Crippen molar-refractivity contribution in [3.05, 3.63) is 82.9 Å². The SMILES string of the molecule is Cc1cc(C)c(Oc2nc(C3=COCC3)ccc2C(=O)NS(=O)(=O)c2ccccn2)c(C)c1. The Kier molecular flexibility index (Phi) is 6.15. The number of sulfonamides is 1. The maximum absolute atomic E-state index is 13.0. The molecule has 1 aromatic carbocycles. The molecule has 2 aromatic heterocycles. The average Bonchev–Trinajstić information content (AvgIpc) is 3.31. The van der Waals surface area contributed by atoms with Crippen LogP contribution in [0.15, 0.2) is 59.9 Å². The van der Waals surface area contributed by atoms with Crippen LogP contribution in [0.2, 0.25) is 0 Å². The van der Waals surface area contributed by atoms with Crippen molar-refractivity contribution in [1.29, 1.82) is 0 Å². The van der Waals surface area contributed by atoms with Gasteiger partial charge < -0.3 is 9.47 Å². The second-order valence-corrected chi connectivity index (χ2v) is 9.37. The third kappa shape index (κ3) is 4.88. The maximum atomic E-state index is 13.0. The molecule has 8 nitrogen and oxygen atoms in total. The summed E-state index contributed by atoms with van der Waals surface area (Å²) in [6.45, 7) is 6.33. The molecule has 0 radical (unpaired) electrons. The van der Waals surface area contributed by atoms with Crippen molar-refractivity contribution in [3.8, 4) is 11.6 Å².